The van der Waals surface area contributed by atoms with Gasteiger partial charge in [0.15, 0.2) is 11.5 Å². The maximum Gasteiger partial charge on any atom is 0.227 e. The second-order valence-corrected chi connectivity index (χ2v) is 8.16. The molecule has 0 saturated carbocycles. The average Bonchev–Trinajstić information content (AvgIpc) is 3.23. The van der Waals surface area contributed by atoms with Crippen molar-refractivity contribution in [3.05, 3.63) is 65.2 Å². The van der Waals surface area contributed by atoms with Crippen LogP contribution in [0.25, 0.3) is 22.6 Å². The monoisotopic (exact) mass is 447 g/mol. The summed E-state index contributed by atoms with van der Waals surface area (Å²) in [5, 5.41) is 0.661. The fraction of sp³-hybridized carbons (Fsp3) is 0.217. The molecule has 0 bridgehead atoms. The standard InChI is InChI=1S/C23H22ClN7O/c24-17-8-6-16(7-9-17)20-26-19-21(27-20)28-23(25)29-22(19)31-12-10-30(11-13-31)18(32)14-15-4-2-1-3-5-15/h1-9H,10-14H2,(H3,25,26,27,28,29). The molecule has 4 aromatic rings. The van der Waals surface area contributed by atoms with E-state index in [2.05, 4.69) is 24.8 Å². The van der Waals surface area contributed by atoms with Crippen LogP contribution >= 0.6 is 11.6 Å². The Balaban J connectivity index is 1.35. The van der Waals surface area contributed by atoms with Crippen molar-refractivity contribution >= 4 is 40.4 Å². The molecule has 0 atom stereocenters. The van der Waals surface area contributed by atoms with Crippen molar-refractivity contribution in [1.29, 1.82) is 0 Å². The van der Waals surface area contributed by atoms with Crippen molar-refractivity contribution in [3.63, 3.8) is 0 Å². The number of fused-ring (bicyclic) bond motifs is 1. The molecule has 3 heterocycles. The maximum absolute atomic E-state index is 12.7. The molecule has 1 amide bonds. The van der Waals surface area contributed by atoms with Gasteiger partial charge in [0.05, 0.1) is 6.42 Å². The van der Waals surface area contributed by atoms with E-state index in [0.717, 1.165) is 16.6 Å². The molecule has 0 aliphatic carbocycles. The minimum atomic E-state index is 0.134. The summed E-state index contributed by atoms with van der Waals surface area (Å²) in [6.07, 6.45) is 0.413. The number of benzene rings is 2. The Hall–Kier alpha value is -3.65. The number of amides is 1. The number of aromatic nitrogens is 4. The molecule has 1 fully saturated rings. The van der Waals surface area contributed by atoms with Crippen molar-refractivity contribution in [1.82, 2.24) is 24.8 Å². The van der Waals surface area contributed by atoms with Crippen molar-refractivity contribution in [2.75, 3.05) is 36.8 Å². The number of imidazole rings is 1. The zero-order valence-corrected chi connectivity index (χ0v) is 18.1. The quantitative estimate of drug-likeness (QED) is 0.498. The minimum Gasteiger partial charge on any atom is -0.368 e. The number of rotatable bonds is 4. The number of nitrogens with two attached hydrogens (primary N) is 1. The van der Waals surface area contributed by atoms with Crippen LogP contribution < -0.4 is 10.6 Å². The molecule has 1 aliphatic rings. The summed E-state index contributed by atoms with van der Waals surface area (Å²) >= 11 is 6.00. The maximum atomic E-state index is 12.7. The van der Waals surface area contributed by atoms with E-state index in [1.165, 1.54) is 0 Å². The highest BCUT2D eigenvalue weighted by atomic mass is 35.5. The van der Waals surface area contributed by atoms with Crippen LogP contribution in [0.5, 0.6) is 0 Å². The van der Waals surface area contributed by atoms with Crippen LogP contribution in [0.3, 0.4) is 0 Å². The van der Waals surface area contributed by atoms with Gasteiger partial charge < -0.3 is 20.5 Å². The van der Waals surface area contributed by atoms with Gasteiger partial charge in [0.1, 0.15) is 11.3 Å². The lowest BCUT2D eigenvalue weighted by Crippen LogP contribution is -2.49. The molecule has 0 radical (unpaired) electrons. The molecule has 0 unspecified atom stereocenters. The molecule has 0 spiro atoms. The molecule has 9 heteroatoms. The molecule has 8 nitrogen and oxygen atoms in total. The first-order valence-electron chi connectivity index (χ1n) is 10.4. The Morgan fingerprint density at radius 1 is 0.969 bits per heavy atom. The lowest BCUT2D eigenvalue weighted by atomic mass is 10.1. The van der Waals surface area contributed by atoms with E-state index in [1.807, 2.05) is 59.5 Å². The zero-order chi connectivity index (χ0) is 22.1. The second-order valence-electron chi connectivity index (χ2n) is 7.73. The van der Waals surface area contributed by atoms with Gasteiger partial charge in [-0.1, -0.05) is 41.9 Å². The van der Waals surface area contributed by atoms with E-state index < -0.39 is 0 Å². The molecule has 3 N–H and O–H groups in total. The highest BCUT2D eigenvalue weighted by molar-refractivity contribution is 6.30. The zero-order valence-electron chi connectivity index (χ0n) is 17.3. The number of halogens is 1. The molecular formula is C23H22ClN7O. The summed E-state index contributed by atoms with van der Waals surface area (Å²) in [7, 11) is 0. The van der Waals surface area contributed by atoms with Crippen molar-refractivity contribution in [3.8, 4) is 11.4 Å². The SMILES string of the molecule is Nc1nc(N2CCN(C(=O)Cc3ccccc3)CC2)c2[nH]c(-c3ccc(Cl)cc3)nc2n1. The van der Waals surface area contributed by atoms with Gasteiger partial charge in [-0.3, -0.25) is 4.79 Å². The number of anilines is 2. The third-order valence-electron chi connectivity index (χ3n) is 5.60. The number of aromatic amines is 1. The lowest BCUT2D eigenvalue weighted by molar-refractivity contribution is -0.130. The summed E-state index contributed by atoms with van der Waals surface area (Å²) in [5.74, 6) is 1.68. The van der Waals surface area contributed by atoms with Crippen LogP contribution in [0, 0.1) is 0 Å². The molecule has 162 valence electrons. The third kappa shape index (κ3) is 4.09. The Kier molecular flexibility index (Phi) is 5.36. The van der Waals surface area contributed by atoms with Gasteiger partial charge in [-0.2, -0.15) is 9.97 Å². The molecule has 2 aromatic heterocycles. The van der Waals surface area contributed by atoms with Crippen molar-refractivity contribution in [2.24, 2.45) is 0 Å². The van der Waals surface area contributed by atoms with E-state index in [-0.39, 0.29) is 11.9 Å². The van der Waals surface area contributed by atoms with Gasteiger partial charge in [-0.05, 0) is 29.8 Å². The van der Waals surface area contributed by atoms with Gasteiger partial charge in [-0.25, -0.2) is 4.98 Å². The topological polar surface area (TPSA) is 104 Å². The van der Waals surface area contributed by atoms with E-state index in [9.17, 15) is 4.79 Å². The fourth-order valence-corrected chi connectivity index (χ4v) is 4.05. The van der Waals surface area contributed by atoms with Crippen LogP contribution in [0.2, 0.25) is 5.02 Å². The van der Waals surface area contributed by atoms with Gasteiger partial charge in [0.2, 0.25) is 11.9 Å². The number of H-pyrrole nitrogens is 1. The molecule has 32 heavy (non-hydrogen) atoms. The summed E-state index contributed by atoms with van der Waals surface area (Å²) in [6, 6.07) is 17.2. The summed E-state index contributed by atoms with van der Waals surface area (Å²) in [5.41, 5.74) is 9.14. The van der Waals surface area contributed by atoms with Crippen LogP contribution in [0.4, 0.5) is 11.8 Å². The fourth-order valence-electron chi connectivity index (χ4n) is 3.92. The number of carbonyl (C=O) groups excluding carboxylic acids is 1. The third-order valence-corrected chi connectivity index (χ3v) is 5.85. The number of hydrogen-bond donors (Lipinski definition) is 2. The lowest BCUT2D eigenvalue weighted by Gasteiger charge is -2.35. The molecule has 2 aromatic carbocycles. The average molecular weight is 448 g/mol. The Morgan fingerprint density at radius 2 is 1.69 bits per heavy atom. The minimum absolute atomic E-state index is 0.134. The number of piperazine rings is 1. The van der Waals surface area contributed by atoms with E-state index in [1.54, 1.807) is 0 Å². The van der Waals surface area contributed by atoms with E-state index >= 15 is 0 Å². The number of hydrogen-bond acceptors (Lipinski definition) is 6. The van der Waals surface area contributed by atoms with Gasteiger partial charge >= 0.3 is 0 Å². The number of nitrogen functional groups attached to an aromatic ring is 1. The molecule has 5 rings (SSSR count). The number of nitrogens with one attached hydrogen (secondary N) is 1. The van der Waals surface area contributed by atoms with Crippen molar-refractivity contribution < 1.29 is 4.79 Å². The first-order valence-corrected chi connectivity index (χ1v) is 10.8. The first kappa shape index (κ1) is 20.3. The Labute approximate surface area is 190 Å². The molecular weight excluding hydrogens is 426 g/mol. The van der Waals surface area contributed by atoms with Gasteiger partial charge in [0.25, 0.3) is 0 Å². The summed E-state index contributed by atoms with van der Waals surface area (Å²) < 4.78 is 0. The molecule has 1 saturated heterocycles. The van der Waals surface area contributed by atoms with E-state index in [0.29, 0.717) is 54.9 Å². The largest absolute Gasteiger partial charge is 0.368 e. The normalized spacial score (nSPS) is 14.2. The highest BCUT2D eigenvalue weighted by Gasteiger charge is 2.25. The number of nitrogens with zero attached hydrogens (tertiary/aromatic N) is 5. The summed E-state index contributed by atoms with van der Waals surface area (Å²) in [6.45, 7) is 2.55. The van der Waals surface area contributed by atoms with Gasteiger partial charge in [-0.15, -0.1) is 0 Å². The van der Waals surface area contributed by atoms with Gasteiger partial charge in [0, 0.05) is 36.8 Å². The predicted molar refractivity (Wildman–Crippen MR) is 125 cm³/mol. The van der Waals surface area contributed by atoms with E-state index in [4.69, 9.17) is 17.3 Å². The Bertz CT molecular complexity index is 1250. The van der Waals surface area contributed by atoms with Crippen LogP contribution in [0.1, 0.15) is 5.56 Å². The van der Waals surface area contributed by atoms with Crippen LogP contribution in [0.15, 0.2) is 54.6 Å². The van der Waals surface area contributed by atoms with Crippen molar-refractivity contribution in [2.45, 2.75) is 6.42 Å². The van der Waals surface area contributed by atoms with Crippen LogP contribution in [-0.4, -0.2) is 56.9 Å². The first-order chi connectivity index (χ1) is 15.6. The smallest absolute Gasteiger partial charge is 0.227 e. The Morgan fingerprint density at radius 3 is 2.41 bits per heavy atom. The molecule has 1 aliphatic heterocycles. The second kappa shape index (κ2) is 8.47. The number of carbonyl (C=O) groups is 1. The predicted octanol–water partition coefficient (Wildman–Crippen LogP) is 3.15. The summed E-state index contributed by atoms with van der Waals surface area (Å²) in [4.78, 5) is 33.4. The van der Waals surface area contributed by atoms with Crippen LogP contribution in [-0.2, 0) is 11.2 Å². The highest BCUT2D eigenvalue weighted by Crippen LogP contribution is 2.28.